The van der Waals surface area contributed by atoms with Crippen LogP contribution in [0.1, 0.15) is 18.2 Å². The van der Waals surface area contributed by atoms with Crippen LogP contribution >= 0.6 is 22.6 Å². The predicted octanol–water partition coefficient (Wildman–Crippen LogP) is 2.50. The third-order valence-corrected chi connectivity index (χ3v) is 5.08. The summed E-state index contributed by atoms with van der Waals surface area (Å²) in [5.74, 6) is -1.10. The van der Waals surface area contributed by atoms with Gasteiger partial charge in [0.15, 0.2) is 18.1 Å². The Hall–Kier alpha value is -3.35. The second-order valence-electron chi connectivity index (χ2n) is 6.42. The van der Waals surface area contributed by atoms with Gasteiger partial charge in [-0.25, -0.2) is 9.59 Å². The zero-order chi connectivity index (χ0) is 23.3. The fourth-order valence-corrected chi connectivity index (χ4v) is 3.64. The van der Waals surface area contributed by atoms with Crippen LogP contribution in [0.5, 0.6) is 11.5 Å². The molecule has 1 saturated heterocycles. The Labute approximate surface area is 196 Å². The van der Waals surface area contributed by atoms with E-state index in [0.29, 0.717) is 26.4 Å². The topological polar surface area (TPSA) is 124 Å². The van der Waals surface area contributed by atoms with Gasteiger partial charge in [0.2, 0.25) is 0 Å². The number of barbiturate groups is 1. The summed E-state index contributed by atoms with van der Waals surface area (Å²) in [5.41, 5.74) is 0.231. The predicted molar refractivity (Wildman–Crippen MR) is 119 cm³/mol. The van der Waals surface area contributed by atoms with E-state index < -0.39 is 23.8 Å². The molecule has 0 radical (unpaired) electrons. The van der Waals surface area contributed by atoms with E-state index >= 15 is 0 Å². The Morgan fingerprint density at radius 3 is 2.72 bits per heavy atom. The molecule has 1 aliphatic rings. The summed E-state index contributed by atoms with van der Waals surface area (Å²) in [6.45, 7) is 1.50. The summed E-state index contributed by atoms with van der Waals surface area (Å²) in [6.07, 6.45) is 2.77. The van der Waals surface area contributed by atoms with Gasteiger partial charge in [-0.05, 0) is 65.4 Å². The van der Waals surface area contributed by atoms with Gasteiger partial charge in [0.05, 0.1) is 30.1 Å². The van der Waals surface area contributed by atoms with Gasteiger partial charge in [-0.15, -0.1) is 0 Å². The van der Waals surface area contributed by atoms with Gasteiger partial charge in [0.1, 0.15) is 11.3 Å². The number of carbonyl (C=O) groups excluding carboxylic acids is 4. The van der Waals surface area contributed by atoms with Crippen molar-refractivity contribution in [3.63, 3.8) is 0 Å². The van der Waals surface area contributed by atoms with E-state index in [-0.39, 0.29) is 25.3 Å². The highest BCUT2D eigenvalue weighted by Crippen LogP contribution is 2.35. The van der Waals surface area contributed by atoms with Crippen LogP contribution < -0.4 is 14.8 Å². The number of furan rings is 1. The zero-order valence-corrected chi connectivity index (χ0v) is 19.3. The fraction of sp³-hybridized carbons (Fsp3) is 0.238. The average molecular weight is 554 g/mol. The number of esters is 1. The number of methoxy groups -OCH3 is 1. The van der Waals surface area contributed by atoms with E-state index in [1.165, 1.54) is 19.4 Å². The van der Waals surface area contributed by atoms with E-state index in [9.17, 15) is 19.2 Å². The quantitative estimate of drug-likeness (QED) is 0.229. The molecule has 1 aliphatic heterocycles. The zero-order valence-electron chi connectivity index (χ0n) is 17.2. The Kier molecular flexibility index (Phi) is 7.51. The highest BCUT2D eigenvalue weighted by molar-refractivity contribution is 14.1. The molecule has 2 heterocycles. The van der Waals surface area contributed by atoms with Crippen molar-refractivity contribution < 1.29 is 37.8 Å². The van der Waals surface area contributed by atoms with Gasteiger partial charge < -0.3 is 18.6 Å². The molecule has 168 valence electrons. The maximum atomic E-state index is 12.8. The number of hydrogen-bond acceptors (Lipinski definition) is 8. The number of hydrogen-bond donors (Lipinski definition) is 1. The van der Waals surface area contributed by atoms with Crippen molar-refractivity contribution >= 4 is 52.5 Å². The third kappa shape index (κ3) is 5.28. The lowest BCUT2D eigenvalue weighted by Crippen LogP contribution is -2.53. The summed E-state index contributed by atoms with van der Waals surface area (Å²) in [7, 11) is 1.42. The van der Waals surface area contributed by atoms with E-state index in [1.807, 2.05) is 22.6 Å². The lowest BCUT2D eigenvalue weighted by molar-refractivity contribution is -0.145. The number of nitrogens with zero attached hydrogens (tertiary/aromatic N) is 1. The minimum absolute atomic E-state index is 0.121. The standard InChI is InChI=1S/C21H19IN2O8/c1-3-30-17(25)11-32-18-15(22)8-12(9-16(18)29-2)7-14-19(26)23-21(28)24(20(14)27)10-13-5-4-6-31-13/h4-9H,3,10-11H2,1-2H3,(H,23,26,28)/b14-7+. The Balaban J connectivity index is 1.87. The lowest BCUT2D eigenvalue weighted by atomic mass is 10.1. The van der Waals surface area contributed by atoms with Crippen LogP contribution in [0.4, 0.5) is 4.79 Å². The molecule has 0 atom stereocenters. The largest absolute Gasteiger partial charge is 0.493 e. The molecule has 0 aliphatic carbocycles. The number of nitrogens with one attached hydrogen (secondary N) is 1. The van der Waals surface area contributed by atoms with E-state index in [0.717, 1.165) is 4.90 Å². The molecule has 11 heteroatoms. The number of ether oxygens (including phenoxy) is 3. The minimum Gasteiger partial charge on any atom is -0.493 e. The van der Waals surface area contributed by atoms with Gasteiger partial charge in [-0.2, -0.15) is 0 Å². The van der Waals surface area contributed by atoms with Crippen LogP contribution in [0.3, 0.4) is 0 Å². The SMILES string of the molecule is CCOC(=O)COc1c(I)cc(/C=C2\C(=O)NC(=O)N(Cc3ccco3)C2=O)cc1OC. The maximum absolute atomic E-state index is 12.8. The van der Waals surface area contributed by atoms with Crippen LogP contribution in [0.2, 0.25) is 0 Å². The summed E-state index contributed by atoms with van der Waals surface area (Å²) in [6, 6.07) is 5.60. The van der Waals surface area contributed by atoms with Crippen molar-refractivity contribution in [3.8, 4) is 11.5 Å². The highest BCUT2D eigenvalue weighted by Gasteiger charge is 2.36. The molecule has 10 nitrogen and oxygen atoms in total. The van der Waals surface area contributed by atoms with Crippen molar-refractivity contribution in [1.29, 1.82) is 0 Å². The highest BCUT2D eigenvalue weighted by atomic mass is 127. The number of rotatable bonds is 8. The molecular formula is C21H19IN2O8. The lowest BCUT2D eigenvalue weighted by Gasteiger charge is -2.25. The van der Waals surface area contributed by atoms with Gasteiger partial charge in [-0.3, -0.25) is 19.8 Å². The van der Waals surface area contributed by atoms with Crippen molar-refractivity contribution in [2.45, 2.75) is 13.5 Å². The molecule has 0 saturated carbocycles. The summed E-state index contributed by atoms with van der Waals surface area (Å²) < 4.78 is 21.5. The Bertz CT molecular complexity index is 1080. The smallest absolute Gasteiger partial charge is 0.344 e. The van der Waals surface area contributed by atoms with Crippen LogP contribution in [0.25, 0.3) is 6.08 Å². The third-order valence-electron chi connectivity index (χ3n) is 4.28. The molecule has 0 unspecified atom stereocenters. The molecule has 0 bridgehead atoms. The first-order valence-corrected chi connectivity index (χ1v) is 10.5. The van der Waals surface area contributed by atoms with Gasteiger partial charge in [-0.1, -0.05) is 0 Å². The number of imide groups is 2. The molecule has 1 aromatic heterocycles. The van der Waals surface area contributed by atoms with E-state index in [2.05, 4.69) is 5.32 Å². The number of carbonyl (C=O) groups is 4. The number of amides is 4. The van der Waals surface area contributed by atoms with Crippen molar-refractivity contribution in [3.05, 3.63) is 51.0 Å². The second-order valence-corrected chi connectivity index (χ2v) is 7.58. The Morgan fingerprint density at radius 2 is 2.06 bits per heavy atom. The summed E-state index contributed by atoms with van der Waals surface area (Å²) >= 11 is 1.98. The van der Waals surface area contributed by atoms with Crippen molar-refractivity contribution in [2.24, 2.45) is 0 Å². The van der Waals surface area contributed by atoms with Crippen LogP contribution in [-0.2, 0) is 25.7 Å². The van der Waals surface area contributed by atoms with Gasteiger partial charge >= 0.3 is 12.0 Å². The molecule has 1 N–H and O–H groups in total. The Morgan fingerprint density at radius 1 is 1.28 bits per heavy atom. The molecule has 2 aromatic rings. The molecule has 3 rings (SSSR count). The van der Waals surface area contributed by atoms with E-state index in [4.69, 9.17) is 18.6 Å². The van der Waals surface area contributed by atoms with Gasteiger partial charge in [0, 0.05) is 0 Å². The molecule has 0 spiro atoms. The molecule has 32 heavy (non-hydrogen) atoms. The van der Waals surface area contributed by atoms with Crippen LogP contribution in [0.15, 0.2) is 40.5 Å². The maximum Gasteiger partial charge on any atom is 0.344 e. The number of urea groups is 1. The summed E-state index contributed by atoms with van der Waals surface area (Å²) in [4.78, 5) is 49.8. The number of benzene rings is 1. The second kappa shape index (κ2) is 10.3. The molecule has 1 aromatic carbocycles. The molecule has 4 amide bonds. The minimum atomic E-state index is -0.830. The van der Waals surface area contributed by atoms with Gasteiger partial charge in [0.25, 0.3) is 11.8 Å². The van der Waals surface area contributed by atoms with Crippen LogP contribution in [0, 0.1) is 3.57 Å². The monoisotopic (exact) mass is 554 g/mol. The van der Waals surface area contributed by atoms with Crippen molar-refractivity contribution in [1.82, 2.24) is 10.2 Å². The first-order chi connectivity index (χ1) is 15.3. The normalized spacial score (nSPS) is 15.0. The summed E-state index contributed by atoms with van der Waals surface area (Å²) in [5, 5.41) is 2.15. The van der Waals surface area contributed by atoms with Crippen LogP contribution in [-0.4, -0.2) is 49.0 Å². The van der Waals surface area contributed by atoms with E-state index in [1.54, 1.807) is 31.2 Å². The van der Waals surface area contributed by atoms with Crippen molar-refractivity contribution in [2.75, 3.05) is 20.3 Å². The number of halogens is 1. The fourth-order valence-electron chi connectivity index (χ4n) is 2.86. The molecular weight excluding hydrogens is 535 g/mol. The first-order valence-electron chi connectivity index (χ1n) is 9.41. The first kappa shape index (κ1) is 23.3. The molecule has 1 fully saturated rings. The average Bonchev–Trinajstić information content (AvgIpc) is 3.26.